The number of aryl methyl sites for hydroxylation is 1. The van der Waals surface area contributed by atoms with E-state index in [4.69, 9.17) is 24.7 Å². The fourth-order valence-corrected chi connectivity index (χ4v) is 4.86. The highest BCUT2D eigenvalue weighted by molar-refractivity contribution is 5.77. The normalized spacial score (nSPS) is 14.7. The smallest absolute Gasteiger partial charge is 0.352 e. The van der Waals surface area contributed by atoms with Crippen LogP contribution in [0.25, 0.3) is 0 Å². The Bertz CT molecular complexity index is 1680. The molecule has 218 valence electrons. The van der Waals surface area contributed by atoms with Crippen LogP contribution in [-0.4, -0.2) is 12.1 Å². The van der Waals surface area contributed by atoms with Crippen molar-refractivity contribution in [2.75, 3.05) is 0 Å². The minimum atomic E-state index is -0.840. The fourth-order valence-electron chi connectivity index (χ4n) is 4.86. The number of nitriles is 1. The fraction of sp³-hybridized carbons (Fsp3) is 0.222. The molecule has 2 N–H and O–H groups in total. The zero-order valence-electron chi connectivity index (χ0n) is 24.7. The van der Waals surface area contributed by atoms with Crippen molar-refractivity contribution in [2.24, 2.45) is 5.73 Å². The van der Waals surface area contributed by atoms with E-state index in [1.165, 1.54) is 11.1 Å². The monoisotopic (exact) mass is 574 g/mol. The first-order valence-electron chi connectivity index (χ1n) is 14.2. The molecule has 1 aliphatic heterocycles. The Kier molecular flexibility index (Phi) is 8.68. The Hall–Kier alpha value is -5.22. The molecular weight excluding hydrogens is 540 g/mol. The number of hydrogen-bond acceptors (Lipinski definition) is 7. The third-order valence-corrected chi connectivity index (χ3v) is 7.32. The number of carbonyl (C=O) groups excluding carboxylic acids is 1. The summed E-state index contributed by atoms with van der Waals surface area (Å²) >= 11 is 0. The van der Waals surface area contributed by atoms with Crippen LogP contribution in [0.3, 0.4) is 0 Å². The molecule has 43 heavy (non-hydrogen) atoms. The lowest BCUT2D eigenvalue weighted by atomic mass is 9.83. The quantitative estimate of drug-likeness (QED) is 0.165. The zero-order chi connectivity index (χ0) is 30.5. The number of benzene rings is 4. The maximum atomic E-state index is 12.8. The van der Waals surface area contributed by atoms with Crippen molar-refractivity contribution in [1.82, 2.24) is 0 Å². The van der Waals surface area contributed by atoms with Crippen LogP contribution in [0.5, 0.6) is 23.0 Å². The van der Waals surface area contributed by atoms with E-state index in [1.54, 1.807) is 25.1 Å². The van der Waals surface area contributed by atoms with Gasteiger partial charge < -0.3 is 24.7 Å². The molecule has 0 aromatic heterocycles. The van der Waals surface area contributed by atoms with Crippen molar-refractivity contribution < 1.29 is 23.7 Å². The van der Waals surface area contributed by atoms with Gasteiger partial charge in [0.25, 0.3) is 0 Å². The number of carbonyl (C=O) groups is 1. The average Bonchev–Trinajstić information content (AvgIpc) is 3.00. The van der Waals surface area contributed by atoms with Crippen molar-refractivity contribution in [2.45, 2.75) is 52.2 Å². The summed E-state index contributed by atoms with van der Waals surface area (Å²) in [5.41, 5.74) is 11.5. The van der Waals surface area contributed by atoms with E-state index in [2.05, 4.69) is 19.9 Å². The van der Waals surface area contributed by atoms with Gasteiger partial charge in [0.2, 0.25) is 5.88 Å². The summed E-state index contributed by atoms with van der Waals surface area (Å²) in [5, 5.41) is 9.98. The molecule has 4 aromatic carbocycles. The van der Waals surface area contributed by atoms with Gasteiger partial charge in [-0.3, -0.25) is 0 Å². The van der Waals surface area contributed by atoms with Crippen LogP contribution in [0.4, 0.5) is 0 Å². The lowest BCUT2D eigenvalue weighted by Crippen LogP contribution is -2.28. The van der Waals surface area contributed by atoms with E-state index >= 15 is 0 Å². The molecular formula is C36H34N2O5. The van der Waals surface area contributed by atoms with E-state index in [1.807, 2.05) is 79.7 Å². The maximum Gasteiger partial charge on any atom is 0.352 e. The van der Waals surface area contributed by atoms with Crippen molar-refractivity contribution in [3.8, 4) is 29.1 Å². The van der Waals surface area contributed by atoms with Crippen LogP contribution >= 0.6 is 0 Å². The van der Waals surface area contributed by atoms with E-state index < -0.39 is 18.0 Å². The lowest BCUT2D eigenvalue weighted by Gasteiger charge is -2.27. The van der Waals surface area contributed by atoms with Gasteiger partial charge in [-0.15, -0.1) is 0 Å². The first-order chi connectivity index (χ1) is 20.7. The summed E-state index contributed by atoms with van der Waals surface area (Å²) in [6.07, 6.45) is -0.840. The SMILES string of the molecule is Cc1ccc(COc2cccc(C3C(C#N)=C(N)Oc4cc(OC(=O)C(C)Oc5ccc(C(C)C)cc5)ccc43)c2)cc1. The Morgan fingerprint density at radius 3 is 2.35 bits per heavy atom. The molecule has 2 unspecified atom stereocenters. The summed E-state index contributed by atoms with van der Waals surface area (Å²) in [6, 6.07) is 30.7. The molecule has 1 aliphatic rings. The van der Waals surface area contributed by atoms with E-state index in [-0.39, 0.29) is 11.6 Å². The molecule has 0 saturated heterocycles. The largest absolute Gasteiger partial charge is 0.489 e. The van der Waals surface area contributed by atoms with Gasteiger partial charge in [0.1, 0.15) is 41.2 Å². The third kappa shape index (κ3) is 6.82. The molecule has 1 heterocycles. The molecule has 2 atom stereocenters. The second-order valence-electron chi connectivity index (χ2n) is 10.9. The van der Waals surface area contributed by atoms with Gasteiger partial charge >= 0.3 is 5.97 Å². The Balaban J connectivity index is 1.32. The summed E-state index contributed by atoms with van der Waals surface area (Å²) in [6.45, 7) is 8.32. The molecule has 0 spiro atoms. The minimum absolute atomic E-state index is 0.00370. The van der Waals surface area contributed by atoms with E-state index in [0.29, 0.717) is 35.3 Å². The van der Waals surface area contributed by atoms with Gasteiger partial charge in [0.15, 0.2) is 6.10 Å². The maximum absolute atomic E-state index is 12.8. The molecule has 0 bridgehead atoms. The highest BCUT2D eigenvalue weighted by atomic mass is 16.6. The Morgan fingerprint density at radius 1 is 0.930 bits per heavy atom. The first-order valence-corrected chi connectivity index (χ1v) is 14.2. The van der Waals surface area contributed by atoms with E-state index in [9.17, 15) is 10.1 Å². The molecule has 5 rings (SSSR count). The lowest BCUT2D eigenvalue weighted by molar-refractivity contribution is -0.141. The number of ether oxygens (including phenoxy) is 4. The number of rotatable bonds is 9. The van der Waals surface area contributed by atoms with Gasteiger partial charge in [-0.2, -0.15) is 5.26 Å². The molecule has 0 amide bonds. The third-order valence-electron chi connectivity index (χ3n) is 7.32. The number of allylic oxidation sites excluding steroid dienone is 1. The topological polar surface area (TPSA) is 104 Å². The van der Waals surface area contributed by atoms with Crippen molar-refractivity contribution in [3.05, 3.63) is 130 Å². The summed E-state index contributed by atoms with van der Waals surface area (Å²) < 4.78 is 23.3. The zero-order valence-corrected chi connectivity index (χ0v) is 24.7. The molecule has 0 aliphatic carbocycles. The number of nitrogens with two attached hydrogens (primary N) is 1. The van der Waals surface area contributed by atoms with Gasteiger partial charge in [-0.25, -0.2) is 4.79 Å². The predicted octanol–water partition coefficient (Wildman–Crippen LogP) is 7.29. The van der Waals surface area contributed by atoms with Crippen molar-refractivity contribution in [3.63, 3.8) is 0 Å². The van der Waals surface area contributed by atoms with Crippen molar-refractivity contribution in [1.29, 1.82) is 5.26 Å². The standard InChI is InChI=1S/C36H34N2O5/c1-22(2)26-12-14-28(15-13-26)41-24(4)36(39)42-30-16-17-31-33(19-30)43-35(38)32(20-37)34(31)27-6-5-7-29(18-27)40-21-25-10-8-23(3)9-11-25/h5-19,22,24,34H,21,38H2,1-4H3. The minimum Gasteiger partial charge on any atom is -0.489 e. The van der Waals surface area contributed by atoms with Crippen LogP contribution in [0.1, 0.15) is 60.4 Å². The second kappa shape index (κ2) is 12.7. The van der Waals surface area contributed by atoms with Crippen LogP contribution < -0.4 is 24.7 Å². The number of esters is 1. The molecule has 0 radical (unpaired) electrons. The highest BCUT2D eigenvalue weighted by Crippen LogP contribution is 2.44. The predicted molar refractivity (Wildman–Crippen MR) is 164 cm³/mol. The molecule has 0 fully saturated rings. The Morgan fingerprint density at radius 2 is 1.65 bits per heavy atom. The highest BCUT2D eigenvalue weighted by Gasteiger charge is 2.31. The van der Waals surface area contributed by atoms with Gasteiger partial charge in [0.05, 0.1) is 5.92 Å². The van der Waals surface area contributed by atoms with E-state index in [0.717, 1.165) is 16.7 Å². The van der Waals surface area contributed by atoms with Gasteiger partial charge in [-0.05, 0) is 66.8 Å². The molecule has 0 saturated carbocycles. The number of fused-ring (bicyclic) bond motifs is 1. The summed E-state index contributed by atoms with van der Waals surface area (Å²) in [5.74, 6) is 1.27. The summed E-state index contributed by atoms with van der Waals surface area (Å²) in [7, 11) is 0. The molecule has 4 aromatic rings. The van der Waals surface area contributed by atoms with Crippen LogP contribution in [0.2, 0.25) is 0 Å². The Labute approximate surface area is 252 Å². The second-order valence-corrected chi connectivity index (χ2v) is 10.9. The average molecular weight is 575 g/mol. The number of hydrogen-bond donors (Lipinski definition) is 1. The van der Waals surface area contributed by atoms with Crippen LogP contribution in [0.15, 0.2) is 102 Å². The molecule has 7 nitrogen and oxygen atoms in total. The van der Waals surface area contributed by atoms with Crippen molar-refractivity contribution >= 4 is 5.97 Å². The van der Waals surface area contributed by atoms with Gasteiger partial charge in [-0.1, -0.05) is 74.0 Å². The first kappa shape index (κ1) is 29.3. The van der Waals surface area contributed by atoms with Crippen LogP contribution in [-0.2, 0) is 11.4 Å². The molecule has 7 heteroatoms. The summed E-state index contributed by atoms with van der Waals surface area (Å²) in [4.78, 5) is 12.8. The van der Waals surface area contributed by atoms with Gasteiger partial charge in [0, 0.05) is 11.6 Å². The number of nitrogens with zero attached hydrogens (tertiary/aromatic N) is 1. The van der Waals surface area contributed by atoms with Crippen LogP contribution in [0, 0.1) is 18.3 Å².